The van der Waals surface area contributed by atoms with Crippen LogP contribution in [0.3, 0.4) is 0 Å². The molecule has 0 spiro atoms. The predicted octanol–water partition coefficient (Wildman–Crippen LogP) is 3.73. The molecule has 0 aliphatic heterocycles. The highest BCUT2D eigenvalue weighted by Crippen LogP contribution is 2.19. The molecular weight excluding hydrogens is 228 g/mol. The first kappa shape index (κ1) is 11.9. The van der Waals surface area contributed by atoms with Gasteiger partial charge in [-0.1, -0.05) is 35.9 Å². The minimum absolute atomic E-state index is 0.860. The molecule has 0 aliphatic rings. The molecule has 2 nitrogen and oxygen atoms in total. The van der Waals surface area contributed by atoms with Gasteiger partial charge in [0.2, 0.25) is 0 Å². The van der Waals surface area contributed by atoms with Gasteiger partial charge in [-0.3, -0.25) is 0 Å². The van der Waals surface area contributed by atoms with E-state index in [0.29, 0.717) is 0 Å². The van der Waals surface area contributed by atoms with Gasteiger partial charge in [0, 0.05) is 11.3 Å². The lowest BCUT2D eigenvalue weighted by atomic mass is 10.1. The van der Waals surface area contributed by atoms with Crippen molar-refractivity contribution in [3.63, 3.8) is 0 Å². The Balaban J connectivity index is 2.17. The number of rotatable bonds is 4. The highest BCUT2D eigenvalue weighted by molar-refractivity contribution is 7.99. The Kier molecular flexibility index (Phi) is 3.94. The lowest BCUT2D eigenvalue weighted by molar-refractivity contribution is 0.937. The molecular formula is C14H14N2S. The average molecular weight is 242 g/mol. The standard InChI is InChI=1S/C14H14N2S/c1-3-10-17-14-9-8-13(15-16-14)12-6-4-11(2)5-7-12/h3-9H,1,10H2,2H3. The zero-order valence-corrected chi connectivity index (χ0v) is 10.6. The SMILES string of the molecule is C=CCSc1ccc(-c2ccc(C)cc2)nn1. The van der Waals surface area contributed by atoms with Gasteiger partial charge in [-0.15, -0.1) is 28.5 Å². The normalized spacial score (nSPS) is 10.2. The molecule has 0 fully saturated rings. The summed E-state index contributed by atoms with van der Waals surface area (Å²) in [5, 5.41) is 9.34. The van der Waals surface area contributed by atoms with Crippen LogP contribution in [0.4, 0.5) is 0 Å². The Morgan fingerprint density at radius 3 is 2.47 bits per heavy atom. The summed E-state index contributed by atoms with van der Waals surface area (Å²) in [5.41, 5.74) is 3.26. The summed E-state index contributed by atoms with van der Waals surface area (Å²) in [4.78, 5) is 0. The minimum atomic E-state index is 0.860. The first-order chi connectivity index (χ1) is 8.29. The summed E-state index contributed by atoms with van der Waals surface area (Å²) in [6.07, 6.45) is 1.86. The summed E-state index contributed by atoms with van der Waals surface area (Å²) in [5.74, 6) is 0.860. The van der Waals surface area contributed by atoms with E-state index in [0.717, 1.165) is 22.0 Å². The molecule has 0 unspecified atom stereocenters. The topological polar surface area (TPSA) is 25.8 Å². The quantitative estimate of drug-likeness (QED) is 0.603. The Hall–Kier alpha value is -1.61. The van der Waals surface area contributed by atoms with Gasteiger partial charge in [0.25, 0.3) is 0 Å². The van der Waals surface area contributed by atoms with Crippen molar-refractivity contribution >= 4 is 11.8 Å². The molecule has 1 aromatic carbocycles. The maximum atomic E-state index is 4.23. The van der Waals surface area contributed by atoms with Crippen molar-refractivity contribution in [2.45, 2.75) is 11.9 Å². The van der Waals surface area contributed by atoms with Crippen LogP contribution in [-0.2, 0) is 0 Å². The van der Waals surface area contributed by atoms with Gasteiger partial charge in [-0.25, -0.2) is 0 Å². The molecule has 0 amide bonds. The molecule has 0 N–H and O–H groups in total. The molecule has 2 aromatic rings. The van der Waals surface area contributed by atoms with Crippen molar-refractivity contribution in [1.29, 1.82) is 0 Å². The second-order valence-corrected chi connectivity index (χ2v) is 4.76. The maximum absolute atomic E-state index is 4.23. The Bertz CT molecular complexity index is 489. The zero-order valence-electron chi connectivity index (χ0n) is 9.76. The zero-order chi connectivity index (χ0) is 12.1. The molecule has 1 aromatic heterocycles. The number of aromatic nitrogens is 2. The predicted molar refractivity (Wildman–Crippen MR) is 73.1 cm³/mol. The van der Waals surface area contributed by atoms with Crippen LogP contribution in [0, 0.1) is 6.92 Å². The van der Waals surface area contributed by atoms with Crippen LogP contribution in [0.1, 0.15) is 5.56 Å². The van der Waals surface area contributed by atoms with Crippen LogP contribution in [0.2, 0.25) is 0 Å². The fraction of sp³-hybridized carbons (Fsp3) is 0.143. The van der Waals surface area contributed by atoms with Crippen molar-refractivity contribution in [3.8, 4) is 11.3 Å². The number of hydrogen-bond acceptors (Lipinski definition) is 3. The molecule has 0 radical (unpaired) electrons. The molecule has 0 saturated heterocycles. The third-order valence-electron chi connectivity index (χ3n) is 2.34. The van der Waals surface area contributed by atoms with Gasteiger partial charge < -0.3 is 0 Å². The molecule has 0 saturated carbocycles. The van der Waals surface area contributed by atoms with E-state index in [2.05, 4.69) is 48.0 Å². The molecule has 17 heavy (non-hydrogen) atoms. The third-order valence-corrected chi connectivity index (χ3v) is 3.25. The van der Waals surface area contributed by atoms with E-state index >= 15 is 0 Å². The Morgan fingerprint density at radius 1 is 1.12 bits per heavy atom. The van der Waals surface area contributed by atoms with Crippen LogP contribution in [-0.4, -0.2) is 16.0 Å². The van der Waals surface area contributed by atoms with Gasteiger partial charge in [-0.2, -0.15) is 0 Å². The second-order valence-electron chi connectivity index (χ2n) is 3.72. The molecule has 3 heteroatoms. The van der Waals surface area contributed by atoms with E-state index in [4.69, 9.17) is 0 Å². The second kappa shape index (κ2) is 5.64. The summed E-state index contributed by atoms with van der Waals surface area (Å²) in [7, 11) is 0. The molecule has 0 aliphatic carbocycles. The van der Waals surface area contributed by atoms with E-state index in [-0.39, 0.29) is 0 Å². The van der Waals surface area contributed by atoms with E-state index in [9.17, 15) is 0 Å². The first-order valence-electron chi connectivity index (χ1n) is 5.44. The van der Waals surface area contributed by atoms with Crippen LogP contribution in [0.15, 0.2) is 54.1 Å². The Labute approximate surface area is 106 Å². The van der Waals surface area contributed by atoms with Crippen LogP contribution in [0.25, 0.3) is 11.3 Å². The van der Waals surface area contributed by atoms with Crippen molar-refractivity contribution in [1.82, 2.24) is 10.2 Å². The molecule has 2 rings (SSSR count). The van der Waals surface area contributed by atoms with E-state index in [1.165, 1.54) is 5.56 Å². The molecule has 1 heterocycles. The average Bonchev–Trinajstić information content (AvgIpc) is 2.38. The lowest BCUT2D eigenvalue weighted by Gasteiger charge is -2.01. The summed E-state index contributed by atoms with van der Waals surface area (Å²) >= 11 is 1.64. The molecule has 86 valence electrons. The van der Waals surface area contributed by atoms with Gasteiger partial charge in [0.05, 0.1) is 5.69 Å². The smallest absolute Gasteiger partial charge is 0.119 e. The van der Waals surface area contributed by atoms with Gasteiger partial charge in [-0.05, 0) is 19.1 Å². The number of nitrogens with zero attached hydrogens (tertiary/aromatic N) is 2. The van der Waals surface area contributed by atoms with Gasteiger partial charge in [0.15, 0.2) is 0 Å². The third kappa shape index (κ3) is 3.17. The van der Waals surface area contributed by atoms with Gasteiger partial charge in [0.1, 0.15) is 5.03 Å². The highest BCUT2D eigenvalue weighted by atomic mass is 32.2. The molecule has 0 atom stereocenters. The maximum Gasteiger partial charge on any atom is 0.119 e. The first-order valence-corrected chi connectivity index (χ1v) is 6.42. The fourth-order valence-corrected chi connectivity index (χ4v) is 1.97. The van der Waals surface area contributed by atoms with Gasteiger partial charge >= 0.3 is 0 Å². The van der Waals surface area contributed by atoms with E-state index < -0.39 is 0 Å². The van der Waals surface area contributed by atoms with E-state index in [1.54, 1.807) is 11.8 Å². The van der Waals surface area contributed by atoms with Crippen molar-refractivity contribution < 1.29 is 0 Å². The minimum Gasteiger partial charge on any atom is -0.149 e. The number of aryl methyl sites for hydroxylation is 1. The van der Waals surface area contributed by atoms with E-state index in [1.807, 2.05) is 18.2 Å². The lowest BCUT2D eigenvalue weighted by Crippen LogP contribution is -1.89. The monoisotopic (exact) mass is 242 g/mol. The summed E-state index contributed by atoms with van der Waals surface area (Å²) in [6.45, 7) is 5.75. The highest BCUT2D eigenvalue weighted by Gasteiger charge is 2.00. The summed E-state index contributed by atoms with van der Waals surface area (Å²) in [6, 6.07) is 12.3. The number of hydrogen-bond donors (Lipinski definition) is 0. The fourth-order valence-electron chi connectivity index (χ4n) is 1.42. The van der Waals surface area contributed by atoms with Crippen LogP contribution >= 0.6 is 11.8 Å². The van der Waals surface area contributed by atoms with Crippen LogP contribution < -0.4 is 0 Å². The number of thioether (sulfide) groups is 1. The summed E-state index contributed by atoms with van der Waals surface area (Å²) < 4.78 is 0. The van der Waals surface area contributed by atoms with Crippen molar-refractivity contribution in [3.05, 3.63) is 54.6 Å². The largest absolute Gasteiger partial charge is 0.149 e. The van der Waals surface area contributed by atoms with Crippen molar-refractivity contribution in [2.75, 3.05) is 5.75 Å². The van der Waals surface area contributed by atoms with Crippen LogP contribution in [0.5, 0.6) is 0 Å². The Morgan fingerprint density at radius 2 is 1.88 bits per heavy atom. The van der Waals surface area contributed by atoms with Crippen molar-refractivity contribution in [2.24, 2.45) is 0 Å². The molecule has 0 bridgehead atoms. The number of benzene rings is 1.